The molecule has 1 saturated carbocycles. The minimum Gasteiger partial charge on any atom is -0.444 e. The molecule has 1 saturated heterocycles. The lowest BCUT2D eigenvalue weighted by Gasteiger charge is -2.32. The molecule has 3 aromatic rings. The van der Waals surface area contributed by atoms with Gasteiger partial charge in [0.2, 0.25) is 0 Å². The van der Waals surface area contributed by atoms with E-state index in [0.29, 0.717) is 0 Å². The van der Waals surface area contributed by atoms with E-state index in [1.165, 1.54) is 0 Å². The Morgan fingerprint density at radius 3 is 2.32 bits per heavy atom. The summed E-state index contributed by atoms with van der Waals surface area (Å²) in [5.41, 5.74) is 3.91. The molecule has 0 radical (unpaired) electrons. The van der Waals surface area contributed by atoms with E-state index in [-0.39, 0.29) is 36.4 Å². The second kappa shape index (κ2) is 9.17. The molecule has 1 aliphatic heterocycles. The van der Waals surface area contributed by atoms with Gasteiger partial charge in [0, 0.05) is 12.0 Å². The second-order valence-corrected chi connectivity index (χ2v) is 12.4. The number of hydrogen-bond acceptors (Lipinski definition) is 5. The number of aromatic amines is 1. The minimum atomic E-state index is -0.517. The van der Waals surface area contributed by atoms with E-state index in [0.717, 1.165) is 52.7 Å². The van der Waals surface area contributed by atoms with Gasteiger partial charge in [0.05, 0.1) is 22.2 Å². The van der Waals surface area contributed by atoms with Gasteiger partial charge in [0.25, 0.3) is 0 Å². The summed E-state index contributed by atoms with van der Waals surface area (Å²) in [6, 6.07) is 14.7. The molecule has 1 aliphatic carbocycles. The Labute approximate surface area is 219 Å². The number of ether oxygens (including phenoxy) is 1. The van der Waals surface area contributed by atoms with Crippen LogP contribution >= 0.6 is 0 Å². The number of rotatable bonds is 4. The normalized spacial score (nSPS) is 22.9. The third-order valence-corrected chi connectivity index (χ3v) is 7.84. The Hall–Kier alpha value is -2.84. The van der Waals surface area contributed by atoms with Crippen LogP contribution in [0.4, 0.5) is 4.79 Å². The highest BCUT2D eigenvalue weighted by atomic mass is 16.7. The van der Waals surface area contributed by atoms with Gasteiger partial charge in [-0.3, -0.25) is 0 Å². The van der Waals surface area contributed by atoms with E-state index < -0.39 is 5.60 Å². The van der Waals surface area contributed by atoms with Gasteiger partial charge in [0.1, 0.15) is 11.4 Å². The zero-order valence-corrected chi connectivity index (χ0v) is 23.0. The Bertz CT molecular complexity index is 1280. The molecule has 2 atom stereocenters. The molecule has 0 bridgehead atoms. The largest absolute Gasteiger partial charge is 0.494 e. The van der Waals surface area contributed by atoms with Crippen molar-refractivity contribution in [2.24, 2.45) is 0 Å². The number of nitrogens with one attached hydrogen (secondary N) is 2. The highest BCUT2D eigenvalue weighted by molar-refractivity contribution is 6.62. The third-order valence-electron chi connectivity index (χ3n) is 7.84. The quantitative estimate of drug-likeness (QED) is 0.447. The second-order valence-electron chi connectivity index (χ2n) is 12.4. The molecule has 0 spiro atoms. The highest BCUT2D eigenvalue weighted by Gasteiger charge is 2.51. The van der Waals surface area contributed by atoms with Gasteiger partial charge in [0.15, 0.2) is 0 Å². The standard InChI is InChI=1S/C29H38BN3O4/c1-27(2,3)35-26(34)33-22-10-8-9-21(22)25-31-23-16-13-19(17-24(23)32-25)18-11-14-20(15-12-18)30-36-28(4,5)29(6,7)37-30/h11-17,21-22H,8-10H2,1-7H3,(H,31,32)(H,33,34). The van der Waals surface area contributed by atoms with E-state index in [1.54, 1.807) is 0 Å². The minimum absolute atomic E-state index is 0.0115. The van der Waals surface area contributed by atoms with E-state index in [1.807, 2.05) is 20.8 Å². The Morgan fingerprint density at radius 1 is 1.03 bits per heavy atom. The van der Waals surface area contributed by atoms with Gasteiger partial charge in [-0.15, -0.1) is 0 Å². The fourth-order valence-corrected chi connectivity index (χ4v) is 5.12. The van der Waals surface area contributed by atoms with Crippen molar-refractivity contribution in [3.8, 4) is 11.1 Å². The van der Waals surface area contributed by atoms with Crippen LogP contribution in [0.5, 0.6) is 0 Å². The zero-order chi connectivity index (χ0) is 26.6. The first kappa shape index (κ1) is 25.8. The Morgan fingerprint density at radius 2 is 1.68 bits per heavy atom. The zero-order valence-electron chi connectivity index (χ0n) is 23.0. The number of H-pyrrole nitrogens is 1. The Kier molecular flexibility index (Phi) is 6.40. The molecule has 37 heavy (non-hydrogen) atoms. The predicted molar refractivity (Wildman–Crippen MR) is 147 cm³/mol. The van der Waals surface area contributed by atoms with Crippen molar-refractivity contribution in [1.82, 2.24) is 15.3 Å². The first-order valence-corrected chi connectivity index (χ1v) is 13.3. The number of nitrogens with zero attached hydrogens (tertiary/aromatic N) is 1. The van der Waals surface area contributed by atoms with E-state index in [4.69, 9.17) is 19.0 Å². The Balaban J connectivity index is 1.32. The molecule has 1 amide bonds. The van der Waals surface area contributed by atoms with Crippen molar-refractivity contribution in [3.05, 3.63) is 48.3 Å². The van der Waals surface area contributed by atoms with Gasteiger partial charge in [-0.05, 0) is 90.0 Å². The lowest BCUT2D eigenvalue weighted by Crippen LogP contribution is -2.41. The van der Waals surface area contributed by atoms with Crippen LogP contribution in [0, 0.1) is 0 Å². The molecule has 2 aliphatic rings. The average Bonchev–Trinajstić information content (AvgIpc) is 3.47. The van der Waals surface area contributed by atoms with Crippen LogP contribution < -0.4 is 10.8 Å². The molecule has 1 aromatic heterocycles. The predicted octanol–water partition coefficient (Wildman–Crippen LogP) is 5.69. The summed E-state index contributed by atoms with van der Waals surface area (Å²) in [6.07, 6.45) is 2.57. The fourth-order valence-electron chi connectivity index (χ4n) is 5.12. The molecule has 2 fully saturated rings. The number of aromatic nitrogens is 2. The number of hydrogen-bond donors (Lipinski definition) is 2. The molecule has 5 rings (SSSR count). The van der Waals surface area contributed by atoms with Crippen LogP contribution in [0.25, 0.3) is 22.2 Å². The van der Waals surface area contributed by atoms with Crippen molar-refractivity contribution < 1.29 is 18.8 Å². The van der Waals surface area contributed by atoms with Crippen LogP contribution in [0.2, 0.25) is 0 Å². The van der Waals surface area contributed by atoms with Crippen LogP contribution in [-0.4, -0.2) is 46.0 Å². The van der Waals surface area contributed by atoms with Crippen LogP contribution in [-0.2, 0) is 14.0 Å². The summed E-state index contributed by atoms with van der Waals surface area (Å²) >= 11 is 0. The van der Waals surface area contributed by atoms with E-state index in [2.05, 4.69) is 80.5 Å². The summed E-state index contributed by atoms with van der Waals surface area (Å²) in [7, 11) is -0.370. The van der Waals surface area contributed by atoms with E-state index in [9.17, 15) is 4.79 Å². The number of amides is 1. The van der Waals surface area contributed by atoms with Crippen LogP contribution in [0.3, 0.4) is 0 Å². The monoisotopic (exact) mass is 503 g/mol. The molecule has 196 valence electrons. The van der Waals surface area contributed by atoms with Crippen LogP contribution in [0.15, 0.2) is 42.5 Å². The van der Waals surface area contributed by atoms with E-state index >= 15 is 0 Å². The molecule has 2 N–H and O–H groups in total. The summed E-state index contributed by atoms with van der Waals surface area (Å²) in [5, 5.41) is 3.06. The maximum absolute atomic E-state index is 12.4. The lowest BCUT2D eigenvalue weighted by atomic mass is 9.78. The number of alkyl carbamates (subject to hydrolysis) is 1. The summed E-state index contributed by atoms with van der Waals surface area (Å²) < 4.78 is 17.9. The average molecular weight is 503 g/mol. The molecular weight excluding hydrogens is 465 g/mol. The van der Waals surface area contributed by atoms with Crippen molar-refractivity contribution >= 4 is 29.7 Å². The van der Waals surface area contributed by atoms with Crippen molar-refractivity contribution in [2.75, 3.05) is 0 Å². The number of benzene rings is 2. The number of imidazole rings is 1. The first-order chi connectivity index (χ1) is 17.3. The van der Waals surface area contributed by atoms with Gasteiger partial charge >= 0.3 is 13.2 Å². The maximum atomic E-state index is 12.4. The van der Waals surface area contributed by atoms with Crippen molar-refractivity contribution in [3.63, 3.8) is 0 Å². The first-order valence-electron chi connectivity index (χ1n) is 13.3. The summed E-state index contributed by atoms with van der Waals surface area (Å²) in [5.74, 6) is 1.06. The summed E-state index contributed by atoms with van der Waals surface area (Å²) in [6.45, 7) is 13.9. The third kappa shape index (κ3) is 5.27. The molecule has 2 aromatic carbocycles. The molecule has 8 heteroatoms. The van der Waals surface area contributed by atoms with Gasteiger partial charge in [-0.1, -0.05) is 36.8 Å². The maximum Gasteiger partial charge on any atom is 0.494 e. The fraction of sp³-hybridized carbons (Fsp3) is 0.517. The van der Waals surface area contributed by atoms with Gasteiger partial charge in [-0.2, -0.15) is 0 Å². The van der Waals surface area contributed by atoms with Gasteiger partial charge < -0.3 is 24.3 Å². The topological polar surface area (TPSA) is 85.5 Å². The molecule has 2 heterocycles. The molecule has 7 nitrogen and oxygen atoms in total. The smallest absolute Gasteiger partial charge is 0.444 e. The van der Waals surface area contributed by atoms with Crippen molar-refractivity contribution in [1.29, 1.82) is 0 Å². The van der Waals surface area contributed by atoms with Gasteiger partial charge in [-0.25, -0.2) is 9.78 Å². The SMILES string of the molecule is CC(C)(C)OC(=O)NC1CCCC1c1nc2ccc(-c3ccc(B4OC(C)(C)C(C)(C)O4)cc3)cc2[nH]1. The number of carbonyl (C=O) groups excluding carboxylic acids is 1. The number of carbonyl (C=O) groups is 1. The number of fused-ring (bicyclic) bond motifs is 1. The molecular formula is C29H38BN3O4. The van der Waals surface area contributed by atoms with Crippen LogP contribution in [0.1, 0.15) is 79.5 Å². The highest BCUT2D eigenvalue weighted by Crippen LogP contribution is 2.37. The van der Waals surface area contributed by atoms with Crippen molar-refractivity contribution in [2.45, 2.75) is 96.5 Å². The lowest BCUT2D eigenvalue weighted by molar-refractivity contribution is 0.00578. The summed E-state index contributed by atoms with van der Waals surface area (Å²) in [4.78, 5) is 20.8. The molecule has 2 unspecified atom stereocenters.